The van der Waals surface area contributed by atoms with Gasteiger partial charge in [0.25, 0.3) is 12.3 Å². The largest absolute Gasteiger partial charge is 0.416 e. The lowest BCUT2D eigenvalue weighted by molar-refractivity contribution is -0.138. The zero-order chi connectivity index (χ0) is 20.8. The summed E-state index contributed by atoms with van der Waals surface area (Å²) in [6.45, 7) is -0.560. The van der Waals surface area contributed by atoms with Crippen LogP contribution in [0.2, 0.25) is 5.02 Å². The van der Waals surface area contributed by atoms with Gasteiger partial charge in [-0.2, -0.15) is 17.6 Å². The summed E-state index contributed by atoms with van der Waals surface area (Å²) in [5.74, 6) is -2.25. The minimum Gasteiger partial charge on any atom is -0.331 e. The molecule has 0 saturated heterocycles. The number of nitrogens with zero attached hydrogens (tertiary/aromatic N) is 2. The summed E-state index contributed by atoms with van der Waals surface area (Å²) < 4.78 is 81.6. The van der Waals surface area contributed by atoms with Crippen molar-refractivity contribution in [1.29, 1.82) is 0 Å². The lowest BCUT2D eigenvalue weighted by Gasteiger charge is -2.25. The Balaban J connectivity index is 2.03. The summed E-state index contributed by atoms with van der Waals surface area (Å²) >= 11 is 5.94. The minimum atomic E-state index is -4.72. The number of rotatable bonds is 5. The van der Waals surface area contributed by atoms with E-state index >= 15 is 0 Å². The summed E-state index contributed by atoms with van der Waals surface area (Å²) in [5, 5.41) is -0.212. The van der Waals surface area contributed by atoms with Gasteiger partial charge in [0.05, 0.1) is 11.1 Å². The molecule has 0 spiro atoms. The molecule has 152 valence electrons. The second-order valence-corrected chi connectivity index (χ2v) is 7.00. The number of benzene rings is 1. The van der Waals surface area contributed by atoms with Crippen LogP contribution in [-0.2, 0) is 19.8 Å². The van der Waals surface area contributed by atoms with Gasteiger partial charge < -0.3 is 9.47 Å². The van der Waals surface area contributed by atoms with Crippen LogP contribution in [0.4, 0.5) is 26.3 Å². The molecule has 0 N–H and O–H groups in total. The highest BCUT2D eigenvalue weighted by molar-refractivity contribution is 6.31. The Morgan fingerprint density at radius 3 is 2.50 bits per heavy atom. The molecule has 0 unspecified atom stereocenters. The maximum Gasteiger partial charge on any atom is 0.416 e. The van der Waals surface area contributed by atoms with Crippen molar-refractivity contribution in [2.45, 2.75) is 38.0 Å². The number of alkyl halides is 5. The van der Waals surface area contributed by atoms with Crippen molar-refractivity contribution in [3.63, 3.8) is 0 Å². The predicted octanol–water partition coefficient (Wildman–Crippen LogP) is 5.58. The van der Waals surface area contributed by atoms with Crippen molar-refractivity contribution in [3.05, 3.63) is 57.6 Å². The summed E-state index contributed by atoms with van der Waals surface area (Å²) in [4.78, 5) is 13.9. The third kappa shape index (κ3) is 3.85. The standard InChI is InChI=1S/C18H15ClF6N2O/c1-26-7-11(15(20)21)14(16(26)22)17(28)27(9-5-6-9)8-10-12(18(23,24)25)3-2-4-13(10)19/h2-4,7,9,15H,5-6,8H2,1H3. The normalized spacial score (nSPS) is 14.6. The van der Waals surface area contributed by atoms with Crippen molar-refractivity contribution >= 4 is 17.5 Å². The van der Waals surface area contributed by atoms with Crippen molar-refractivity contribution in [3.8, 4) is 0 Å². The highest BCUT2D eigenvalue weighted by Gasteiger charge is 2.40. The fraction of sp³-hybridized carbons (Fsp3) is 0.389. The fourth-order valence-corrected chi connectivity index (χ4v) is 3.29. The van der Waals surface area contributed by atoms with Gasteiger partial charge in [-0.1, -0.05) is 17.7 Å². The van der Waals surface area contributed by atoms with Gasteiger partial charge >= 0.3 is 6.18 Å². The molecule has 1 aliphatic carbocycles. The average Bonchev–Trinajstić information content (AvgIpc) is 3.38. The van der Waals surface area contributed by atoms with Gasteiger partial charge in [0, 0.05) is 36.4 Å². The number of halogens is 7. The van der Waals surface area contributed by atoms with E-state index in [0.29, 0.717) is 12.8 Å². The van der Waals surface area contributed by atoms with Crippen LogP contribution in [0.25, 0.3) is 0 Å². The molecule has 1 aromatic heterocycles. The molecule has 1 heterocycles. The van der Waals surface area contributed by atoms with Crippen LogP contribution in [0, 0.1) is 5.95 Å². The molecule has 3 rings (SSSR count). The van der Waals surface area contributed by atoms with Crippen LogP contribution in [-0.4, -0.2) is 21.4 Å². The Kier molecular flexibility index (Phi) is 5.40. The lowest BCUT2D eigenvalue weighted by atomic mass is 10.1. The second kappa shape index (κ2) is 7.35. The molecule has 1 saturated carbocycles. The van der Waals surface area contributed by atoms with Crippen molar-refractivity contribution < 1.29 is 31.1 Å². The number of hydrogen-bond donors (Lipinski definition) is 0. The quantitative estimate of drug-likeness (QED) is 0.575. The second-order valence-electron chi connectivity index (χ2n) is 6.59. The number of carbonyl (C=O) groups is 1. The van der Waals surface area contributed by atoms with E-state index in [1.54, 1.807) is 0 Å². The Bertz CT molecular complexity index is 904. The first kappa shape index (κ1) is 20.6. The Morgan fingerprint density at radius 1 is 1.32 bits per heavy atom. The number of aromatic nitrogens is 1. The van der Waals surface area contributed by atoms with E-state index < -0.39 is 53.7 Å². The summed E-state index contributed by atoms with van der Waals surface area (Å²) in [5.41, 5.74) is -3.01. The van der Waals surface area contributed by atoms with Gasteiger partial charge in [-0.15, -0.1) is 0 Å². The maximum atomic E-state index is 14.3. The summed E-state index contributed by atoms with van der Waals surface area (Å²) in [7, 11) is 1.16. The molecule has 1 amide bonds. The number of amides is 1. The maximum absolute atomic E-state index is 14.3. The van der Waals surface area contributed by atoms with Gasteiger partial charge in [-0.3, -0.25) is 4.79 Å². The first-order valence-electron chi connectivity index (χ1n) is 8.30. The van der Waals surface area contributed by atoms with Gasteiger partial charge in [-0.05, 0) is 25.0 Å². The third-order valence-corrected chi connectivity index (χ3v) is 4.94. The molecule has 2 aromatic rings. The van der Waals surface area contributed by atoms with Gasteiger partial charge in [0.15, 0.2) is 0 Å². The fourth-order valence-electron chi connectivity index (χ4n) is 3.05. The van der Waals surface area contributed by atoms with E-state index in [1.165, 1.54) is 6.07 Å². The van der Waals surface area contributed by atoms with E-state index in [4.69, 9.17) is 11.6 Å². The SMILES string of the molecule is Cn1cc(C(F)F)c(C(=O)N(Cc2c(Cl)cccc2C(F)(F)F)C2CC2)c1F. The number of aryl methyl sites for hydroxylation is 1. The highest BCUT2D eigenvalue weighted by Crippen LogP contribution is 2.39. The molecule has 10 heteroatoms. The van der Waals surface area contributed by atoms with Crippen LogP contribution in [0.15, 0.2) is 24.4 Å². The summed E-state index contributed by atoms with van der Waals surface area (Å²) in [6, 6.07) is 2.73. The summed E-state index contributed by atoms with van der Waals surface area (Å²) in [6.07, 6.45) is -6.06. The van der Waals surface area contributed by atoms with Crippen molar-refractivity contribution in [2.75, 3.05) is 0 Å². The molecule has 0 aliphatic heterocycles. The molecule has 0 bridgehead atoms. The van der Waals surface area contributed by atoms with E-state index in [-0.39, 0.29) is 10.6 Å². The van der Waals surface area contributed by atoms with Crippen LogP contribution >= 0.6 is 11.6 Å². The first-order chi connectivity index (χ1) is 13.0. The molecule has 0 atom stereocenters. The zero-order valence-electron chi connectivity index (χ0n) is 14.5. The van der Waals surface area contributed by atoms with Crippen molar-refractivity contribution in [2.24, 2.45) is 7.05 Å². The Labute approximate surface area is 161 Å². The van der Waals surface area contributed by atoms with E-state index in [9.17, 15) is 31.1 Å². The van der Waals surface area contributed by atoms with Crippen molar-refractivity contribution in [1.82, 2.24) is 9.47 Å². The first-order valence-corrected chi connectivity index (χ1v) is 8.68. The lowest BCUT2D eigenvalue weighted by Crippen LogP contribution is -2.34. The smallest absolute Gasteiger partial charge is 0.331 e. The average molecular weight is 425 g/mol. The van der Waals surface area contributed by atoms with Gasteiger partial charge in [-0.25, -0.2) is 8.78 Å². The van der Waals surface area contributed by atoms with Gasteiger partial charge in [0.1, 0.15) is 5.56 Å². The zero-order valence-corrected chi connectivity index (χ0v) is 15.3. The third-order valence-electron chi connectivity index (χ3n) is 4.59. The number of carbonyl (C=O) groups excluding carboxylic acids is 1. The highest BCUT2D eigenvalue weighted by atomic mass is 35.5. The Hall–Kier alpha value is -2.16. The molecule has 28 heavy (non-hydrogen) atoms. The number of hydrogen-bond acceptors (Lipinski definition) is 1. The molecular weight excluding hydrogens is 410 g/mol. The van der Waals surface area contributed by atoms with E-state index in [1.807, 2.05) is 0 Å². The molecule has 1 aliphatic rings. The topological polar surface area (TPSA) is 25.2 Å². The van der Waals surface area contributed by atoms with Crippen LogP contribution in [0.3, 0.4) is 0 Å². The van der Waals surface area contributed by atoms with E-state index in [0.717, 1.165) is 34.8 Å². The molecule has 1 fully saturated rings. The molecular formula is C18H15ClF6N2O. The van der Waals surface area contributed by atoms with Crippen LogP contribution in [0.5, 0.6) is 0 Å². The Morgan fingerprint density at radius 2 is 1.96 bits per heavy atom. The van der Waals surface area contributed by atoms with Crippen LogP contribution in [0.1, 0.15) is 46.3 Å². The van der Waals surface area contributed by atoms with Gasteiger partial charge in [0.2, 0.25) is 5.95 Å². The monoisotopic (exact) mass is 424 g/mol. The molecule has 1 aromatic carbocycles. The van der Waals surface area contributed by atoms with E-state index in [2.05, 4.69) is 0 Å². The predicted molar refractivity (Wildman–Crippen MR) is 89.7 cm³/mol. The molecule has 0 radical (unpaired) electrons. The minimum absolute atomic E-state index is 0.212. The van der Waals surface area contributed by atoms with Crippen LogP contribution < -0.4 is 0 Å². The molecule has 3 nitrogen and oxygen atoms in total.